The molecule has 1 atom stereocenters. The number of para-hydroxylation sites is 1. The molecule has 3 aromatic rings. The summed E-state index contributed by atoms with van der Waals surface area (Å²) in [6.07, 6.45) is 4.43. The highest BCUT2D eigenvalue weighted by Crippen LogP contribution is 2.47. The van der Waals surface area contributed by atoms with Gasteiger partial charge in [0.25, 0.3) is 11.6 Å². The number of nitrogens with zero attached hydrogens (tertiary/aromatic N) is 3. The Balaban J connectivity index is 1.71. The van der Waals surface area contributed by atoms with Gasteiger partial charge in [0.1, 0.15) is 15.9 Å². The average Bonchev–Trinajstić information content (AvgIpc) is 3.18. The number of rotatable bonds is 5. The van der Waals surface area contributed by atoms with E-state index in [1.165, 1.54) is 17.4 Å². The van der Waals surface area contributed by atoms with Crippen molar-refractivity contribution < 1.29 is 14.5 Å². The molecule has 1 saturated carbocycles. The summed E-state index contributed by atoms with van der Waals surface area (Å²) in [6.45, 7) is 2.32. The number of ether oxygens (including phenoxy) is 1. The van der Waals surface area contributed by atoms with E-state index < -0.39 is 6.17 Å². The molecule has 0 bridgehead atoms. The molecule has 0 spiro atoms. The lowest BCUT2D eigenvalue weighted by Gasteiger charge is -2.43. The minimum absolute atomic E-state index is 0.0117. The number of nitro benzene ring substituents is 1. The quantitative estimate of drug-likeness (QED) is 0.391. The van der Waals surface area contributed by atoms with Gasteiger partial charge in [-0.25, -0.2) is 4.98 Å². The molecule has 2 aliphatic rings. The van der Waals surface area contributed by atoms with Gasteiger partial charge in [-0.15, -0.1) is 11.3 Å². The molecule has 1 aromatic carbocycles. The van der Waals surface area contributed by atoms with E-state index in [1.54, 1.807) is 25.3 Å². The van der Waals surface area contributed by atoms with Gasteiger partial charge in [0, 0.05) is 30.3 Å². The summed E-state index contributed by atoms with van der Waals surface area (Å²) in [5.74, 6) is -0.0807. The van der Waals surface area contributed by atoms with Gasteiger partial charge >= 0.3 is 0 Å². The second-order valence-electron chi connectivity index (χ2n) is 8.71. The first-order valence-electron chi connectivity index (χ1n) is 11.2. The first kappa shape index (κ1) is 21.8. The molecule has 0 radical (unpaired) electrons. The van der Waals surface area contributed by atoms with Crippen LogP contribution in [0.5, 0.6) is 0 Å². The first-order valence-corrected chi connectivity index (χ1v) is 12.1. The van der Waals surface area contributed by atoms with Crippen molar-refractivity contribution in [2.75, 3.05) is 12.4 Å². The van der Waals surface area contributed by atoms with Gasteiger partial charge in [0.15, 0.2) is 0 Å². The zero-order valence-electron chi connectivity index (χ0n) is 18.7. The van der Waals surface area contributed by atoms with Gasteiger partial charge in [0.05, 0.1) is 22.8 Å². The Kier molecular flexibility index (Phi) is 5.76. The number of carbonyl (C=O) groups excluding carboxylic acids is 1. The average molecular weight is 467 g/mol. The Morgan fingerprint density at radius 2 is 2.03 bits per heavy atom. The van der Waals surface area contributed by atoms with E-state index in [0.29, 0.717) is 22.7 Å². The summed E-state index contributed by atoms with van der Waals surface area (Å²) in [7, 11) is 1.64. The Bertz CT molecular complexity index is 1230. The Morgan fingerprint density at radius 1 is 1.27 bits per heavy atom. The summed E-state index contributed by atoms with van der Waals surface area (Å²) in [5, 5.41) is 16.3. The fraction of sp³-hybridized carbons (Fsp3) is 0.417. The number of fused-ring (bicyclic) bond motifs is 3. The lowest BCUT2D eigenvalue weighted by Crippen LogP contribution is -2.49. The lowest BCUT2D eigenvalue weighted by molar-refractivity contribution is -0.385. The van der Waals surface area contributed by atoms with Crippen LogP contribution in [0, 0.1) is 17.0 Å². The molecule has 1 aliphatic carbocycles. The fourth-order valence-electron chi connectivity index (χ4n) is 5.16. The van der Waals surface area contributed by atoms with E-state index >= 15 is 0 Å². The summed E-state index contributed by atoms with van der Waals surface area (Å²) < 4.78 is 5.42. The normalized spacial score (nSPS) is 18.9. The van der Waals surface area contributed by atoms with Gasteiger partial charge in [0.2, 0.25) is 0 Å². The summed E-state index contributed by atoms with van der Waals surface area (Å²) >= 11 is 1.38. The number of anilines is 1. The molecule has 0 saturated heterocycles. The van der Waals surface area contributed by atoms with E-state index in [2.05, 4.69) is 10.3 Å². The molecular weight excluding hydrogens is 440 g/mol. The van der Waals surface area contributed by atoms with E-state index in [4.69, 9.17) is 4.74 Å². The van der Waals surface area contributed by atoms with Gasteiger partial charge < -0.3 is 15.0 Å². The number of pyridine rings is 1. The van der Waals surface area contributed by atoms with Crippen molar-refractivity contribution in [1.29, 1.82) is 0 Å². The monoisotopic (exact) mass is 466 g/mol. The number of nitro groups is 1. The smallest absolute Gasteiger partial charge is 0.276 e. The SMILES string of the molecule is COCc1cc(C)nc2sc3c(c12)N[C@@H](c1ccccc1[N+](=O)[O-])N(C1CCCCC1)C3=O. The molecule has 1 aliphatic heterocycles. The maximum Gasteiger partial charge on any atom is 0.276 e. The molecule has 3 heterocycles. The Morgan fingerprint density at radius 3 is 2.76 bits per heavy atom. The van der Waals surface area contributed by atoms with Crippen LogP contribution in [0.25, 0.3) is 10.2 Å². The van der Waals surface area contributed by atoms with E-state index in [9.17, 15) is 14.9 Å². The highest BCUT2D eigenvalue weighted by molar-refractivity contribution is 7.21. The molecule has 1 fully saturated rings. The molecule has 1 amide bonds. The standard InChI is InChI=1S/C24H26N4O4S/c1-14-12-15(13-32-2)19-20-21(33-23(19)25-14)24(29)27(16-8-4-3-5-9-16)22(26-20)17-10-6-7-11-18(17)28(30)31/h6-7,10-12,16,22,26H,3-5,8-9,13H2,1-2H3/t22-/m1/s1. The van der Waals surface area contributed by atoms with E-state index in [0.717, 1.165) is 53.6 Å². The number of aryl methyl sites for hydroxylation is 1. The predicted octanol–water partition coefficient (Wildman–Crippen LogP) is 5.56. The second kappa shape index (κ2) is 8.72. The van der Waals surface area contributed by atoms with Crippen LogP contribution in [-0.4, -0.2) is 33.9 Å². The number of thiophene rings is 1. The highest BCUT2D eigenvalue weighted by Gasteiger charge is 2.42. The van der Waals surface area contributed by atoms with E-state index in [1.807, 2.05) is 17.9 Å². The van der Waals surface area contributed by atoms with Crippen LogP contribution in [0.15, 0.2) is 30.3 Å². The number of methoxy groups -OCH3 is 1. The van der Waals surface area contributed by atoms with Crippen molar-refractivity contribution in [2.24, 2.45) is 0 Å². The third-order valence-corrected chi connectivity index (χ3v) is 7.63. The van der Waals surface area contributed by atoms with Crippen LogP contribution in [0.2, 0.25) is 0 Å². The third kappa shape index (κ3) is 3.75. The van der Waals surface area contributed by atoms with E-state index in [-0.39, 0.29) is 22.6 Å². The van der Waals surface area contributed by atoms with Crippen molar-refractivity contribution in [1.82, 2.24) is 9.88 Å². The maximum atomic E-state index is 14.0. The van der Waals surface area contributed by atoms with Crippen LogP contribution in [-0.2, 0) is 11.3 Å². The van der Waals surface area contributed by atoms with Crippen molar-refractivity contribution in [3.05, 3.63) is 62.1 Å². The molecule has 9 heteroatoms. The maximum absolute atomic E-state index is 14.0. The van der Waals surface area contributed by atoms with Crippen LogP contribution >= 0.6 is 11.3 Å². The van der Waals surface area contributed by atoms with Gasteiger partial charge in [-0.3, -0.25) is 14.9 Å². The van der Waals surface area contributed by atoms with Crippen LogP contribution in [0.3, 0.4) is 0 Å². The minimum Gasteiger partial charge on any atom is -0.380 e. The van der Waals surface area contributed by atoms with Crippen molar-refractivity contribution in [2.45, 2.75) is 57.8 Å². The summed E-state index contributed by atoms with van der Waals surface area (Å²) in [6, 6.07) is 8.70. The largest absolute Gasteiger partial charge is 0.380 e. The van der Waals surface area contributed by atoms with Crippen LogP contribution in [0.1, 0.15) is 64.8 Å². The van der Waals surface area contributed by atoms with Crippen molar-refractivity contribution >= 4 is 38.8 Å². The summed E-state index contributed by atoms with van der Waals surface area (Å²) in [4.78, 5) is 33.4. The zero-order valence-corrected chi connectivity index (χ0v) is 19.5. The third-order valence-electron chi connectivity index (χ3n) is 6.56. The summed E-state index contributed by atoms with van der Waals surface area (Å²) in [5.41, 5.74) is 3.03. The lowest BCUT2D eigenvalue weighted by atomic mass is 9.91. The predicted molar refractivity (Wildman–Crippen MR) is 128 cm³/mol. The number of hydrogen-bond acceptors (Lipinski definition) is 7. The molecular formula is C24H26N4O4S. The number of hydrogen-bond donors (Lipinski definition) is 1. The molecule has 8 nitrogen and oxygen atoms in total. The number of nitrogens with one attached hydrogen (secondary N) is 1. The van der Waals surface area contributed by atoms with Gasteiger partial charge in [-0.2, -0.15) is 0 Å². The number of amides is 1. The number of carbonyl (C=O) groups is 1. The second-order valence-corrected chi connectivity index (χ2v) is 9.71. The number of aromatic nitrogens is 1. The van der Waals surface area contributed by atoms with Crippen molar-refractivity contribution in [3.63, 3.8) is 0 Å². The zero-order chi connectivity index (χ0) is 23.1. The highest BCUT2D eigenvalue weighted by atomic mass is 32.1. The fourth-order valence-corrected chi connectivity index (χ4v) is 6.33. The van der Waals surface area contributed by atoms with Gasteiger partial charge in [-0.1, -0.05) is 31.4 Å². The molecule has 5 rings (SSSR count). The molecule has 33 heavy (non-hydrogen) atoms. The van der Waals surface area contributed by atoms with Gasteiger partial charge in [-0.05, 0) is 37.5 Å². The van der Waals surface area contributed by atoms with Crippen LogP contribution in [0.4, 0.5) is 11.4 Å². The Hall–Kier alpha value is -3.04. The first-order chi connectivity index (χ1) is 16.0. The molecule has 172 valence electrons. The number of benzene rings is 1. The molecule has 2 aromatic heterocycles. The Labute approximate surface area is 195 Å². The topological polar surface area (TPSA) is 97.6 Å². The molecule has 0 unspecified atom stereocenters. The minimum atomic E-state index is -0.621. The molecule has 1 N–H and O–H groups in total. The van der Waals surface area contributed by atoms with Crippen LogP contribution < -0.4 is 5.32 Å². The van der Waals surface area contributed by atoms with Crippen molar-refractivity contribution in [3.8, 4) is 0 Å².